The fraction of sp³-hybridized carbons (Fsp3) is 0.875. The summed E-state index contributed by atoms with van der Waals surface area (Å²) in [7, 11) is 0. The molecule has 7 heteroatoms. The summed E-state index contributed by atoms with van der Waals surface area (Å²) in [6.07, 6.45) is -5.27. The highest BCUT2D eigenvalue weighted by Gasteiger charge is 2.42. The summed E-state index contributed by atoms with van der Waals surface area (Å²) >= 11 is 0. The maximum absolute atomic E-state index is 12.2. The lowest BCUT2D eigenvalue weighted by Crippen LogP contribution is -2.34. The molecule has 0 aromatic heterocycles. The van der Waals surface area contributed by atoms with Gasteiger partial charge in [-0.2, -0.15) is 8.78 Å². The predicted molar refractivity (Wildman–Crippen MR) is 43.1 cm³/mol. The van der Waals surface area contributed by atoms with Crippen molar-refractivity contribution in [3.8, 4) is 0 Å². The zero-order valence-electron chi connectivity index (χ0n) is 8.31. The van der Waals surface area contributed by atoms with Crippen LogP contribution in [0.4, 0.5) is 22.4 Å². The molecule has 0 radical (unpaired) electrons. The van der Waals surface area contributed by atoms with Gasteiger partial charge in [0.1, 0.15) is 6.10 Å². The van der Waals surface area contributed by atoms with Gasteiger partial charge in [0.15, 0.2) is 6.61 Å². The summed E-state index contributed by atoms with van der Waals surface area (Å²) < 4.78 is 56.0. The van der Waals surface area contributed by atoms with Crippen molar-refractivity contribution >= 4 is 6.16 Å². The number of carbonyl (C=O) groups is 1. The Morgan fingerprint density at radius 3 is 2.33 bits per heavy atom. The normalized spacial score (nSPS) is 13.8. The van der Waals surface area contributed by atoms with Crippen molar-refractivity contribution in [2.45, 2.75) is 38.7 Å². The molecule has 0 aromatic carbocycles. The lowest BCUT2D eigenvalue weighted by Gasteiger charge is -2.16. The Labute approximate surface area is 84.3 Å². The number of halogens is 4. The van der Waals surface area contributed by atoms with Crippen LogP contribution in [0, 0.1) is 0 Å². The summed E-state index contributed by atoms with van der Waals surface area (Å²) in [6.45, 7) is 1.54. The molecular weight excluding hydrogens is 220 g/mol. The van der Waals surface area contributed by atoms with E-state index in [1.807, 2.05) is 0 Å². The molecule has 3 nitrogen and oxygen atoms in total. The van der Waals surface area contributed by atoms with Crippen molar-refractivity contribution in [1.29, 1.82) is 0 Å². The van der Waals surface area contributed by atoms with E-state index in [4.69, 9.17) is 0 Å². The van der Waals surface area contributed by atoms with Gasteiger partial charge in [-0.05, 0) is 13.3 Å². The first-order valence-electron chi connectivity index (χ1n) is 4.29. The zero-order chi connectivity index (χ0) is 12.1. The van der Waals surface area contributed by atoms with Crippen molar-refractivity contribution in [1.82, 2.24) is 0 Å². The number of hydrogen-bond donors (Lipinski definition) is 0. The Bertz CT molecular complexity index is 208. The molecule has 0 spiro atoms. The van der Waals surface area contributed by atoms with Gasteiger partial charge < -0.3 is 9.47 Å². The fourth-order valence-electron chi connectivity index (χ4n) is 0.500. The first-order valence-corrected chi connectivity index (χ1v) is 4.29. The van der Waals surface area contributed by atoms with Crippen LogP contribution in [0.25, 0.3) is 0 Å². The number of ether oxygens (including phenoxy) is 2. The monoisotopic (exact) mass is 232 g/mol. The first kappa shape index (κ1) is 14.0. The van der Waals surface area contributed by atoms with E-state index in [0.717, 1.165) is 0 Å². The Morgan fingerprint density at radius 2 is 1.93 bits per heavy atom. The van der Waals surface area contributed by atoms with E-state index in [1.165, 1.54) is 6.92 Å². The van der Waals surface area contributed by atoms with E-state index in [0.29, 0.717) is 6.42 Å². The van der Waals surface area contributed by atoms with Gasteiger partial charge in [-0.25, -0.2) is 13.6 Å². The van der Waals surface area contributed by atoms with Crippen LogP contribution in [0.5, 0.6) is 0 Å². The quantitative estimate of drug-likeness (QED) is 0.540. The molecule has 0 aliphatic heterocycles. The molecular formula is C8H12F4O3. The summed E-state index contributed by atoms with van der Waals surface area (Å²) in [4.78, 5) is 10.7. The van der Waals surface area contributed by atoms with Crippen molar-refractivity contribution in [2.75, 3.05) is 6.61 Å². The summed E-state index contributed by atoms with van der Waals surface area (Å²) in [5.41, 5.74) is 0. The summed E-state index contributed by atoms with van der Waals surface area (Å²) in [5, 5.41) is 0. The molecule has 0 saturated carbocycles. The topological polar surface area (TPSA) is 35.5 Å². The van der Waals surface area contributed by atoms with Crippen LogP contribution in [-0.4, -0.2) is 31.2 Å². The highest BCUT2D eigenvalue weighted by Crippen LogP contribution is 2.23. The molecule has 0 saturated heterocycles. The minimum absolute atomic E-state index is 0.473. The molecule has 0 aromatic rings. The Kier molecular flexibility index (Phi) is 5.38. The van der Waals surface area contributed by atoms with Gasteiger partial charge >= 0.3 is 18.5 Å². The lowest BCUT2D eigenvalue weighted by molar-refractivity contribution is -0.159. The third kappa shape index (κ3) is 5.44. The molecule has 0 bridgehead atoms. The summed E-state index contributed by atoms with van der Waals surface area (Å²) in [6, 6.07) is 0. The second-order valence-corrected chi connectivity index (χ2v) is 2.94. The second-order valence-electron chi connectivity index (χ2n) is 2.94. The van der Waals surface area contributed by atoms with Crippen molar-refractivity contribution in [3.05, 3.63) is 0 Å². The molecule has 0 unspecified atom stereocenters. The number of rotatable bonds is 5. The van der Waals surface area contributed by atoms with Gasteiger partial charge in [-0.15, -0.1) is 0 Å². The second kappa shape index (κ2) is 5.77. The molecule has 15 heavy (non-hydrogen) atoms. The average molecular weight is 232 g/mol. The SMILES string of the molecule is CC[C@@H](C)OC(=O)OCC(F)(F)C(F)F. The van der Waals surface area contributed by atoms with Gasteiger partial charge in [0.05, 0.1) is 0 Å². The van der Waals surface area contributed by atoms with Crippen LogP contribution < -0.4 is 0 Å². The van der Waals surface area contributed by atoms with Crippen LogP contribution in [0.1, 0.15) is 20.3 Å². The van der Waals surface area contributed by atoms with Crippen LogP contribution >= 0.6 is 0 Å². The van der Waals surface area contributed by atoms with Gasteiger partial charge in [0.25, 0.3) is 0 Å². The maximum atomic E-state index is 12.2. The Hall–Kier alpha value is -1.01. The van der Waals surface area contributed by atoms with Gasteiger partial charge in [0, 0.05) is 0 Å². The standard InChI is InChI=1S/C8H12F4O3/c1-3-5(2)15-7(13)14-4-8(11,12)6(9)10/h5-6H,3-4H2,1-2H3/t5-/m1/s1. The number of alkyl halides is 4. The van der Waals surface area contributed by atoms with E-state index in [-0.39, 0.29) is 0 Å². The summed E-state index contributed by atoms with van der Waals surface area (Å²) in [5.74, 6) is -4.34. The van der Waals surface area contributed by atoms with Crippen LogP contribution in [0.3, 0.4) is 0 Å². The first-order chi connectivity index (χ1) is 6.79. The minimum Gasteiger partial charge on any atom is -0.431 e. The van der Waals surface area contributed by atoms with Crippen LogP contribution in [-0.2, 0) is 9.47 Å². The van der Waals surface area contributed by atoms with E-state index in [2.05, 4.69) is 9.47 Å². The van der Waals surface area contributed by atoms with Crippen LogP contribution in [0.2, 0.25) is 0 Å². The molecule has 0 amide bonds. The predicted octanol–water partition coefficient (Wildman–Crippen LogP) is 2.84. The molecule has 0 N–H and O–H groups in total. The molecule has 1 atom stereocenters. The van der Waals surface area contributed by atoms with E-state index >= 15 is 0 Å². The van der Waals surface area contributed by atoms with Crippen molar-refractivity contribution in [3.63, 3.8) is 0 Å². The van der Waals surface area contributed by atoms with Gasteiger partial charge in [-0.3, -0.25) is 0 Å². The lowest BCUT2D eigenvalue weighted by atomic mass is 10.3. The smallest absolute Gasteiger partial charge is 0.431 e. The van der Waals surface area contributed by atoms with Crippen molar-refractivity contribution in [2.24, 2.45) is 0 Å². The average Bonchev–Trinajstić information content (AvgIpc) is 2.14. The third-order valence-electron chi connectivity index (χ3n) is 1.57. The Balaban J connectivity index is 3.90. The zero-order valence-corrected chi connectivity index (χ0v) is 8.31. The molecule has 0 aliphatic carbocycles. The minimum atomic E-state index is -4.34. The molecule has 90 valence electrons. The number of hydrogen-bond acceptors (Lipinski definition) is 3. The van der Waals surface area contributed by atoms with Crippen LogP contribution in [0.15, 0.2) is 0 Å². The highest BCUT2D eigenvalue weighted by molar-refractivity contribution is 5.60. The Morgan fingerprint density at radius 1 is 1.40 bits per heavy atom. The molecule has 0 rings (SSSR count). The molecule has 0 aliphatic rings. The number of carbonyl (C=O) groups excluding carboxylic acids is 1. The third-order valence-corrected chi connectivity index (χ3v) is 1.57. The van der Waals surface area contributed by atoms with Crippen molar-refractivity contribution < 1.29 is 31.8 Å². The maximum Gasteiger partial charge on any atom is 0.508 e. The van der Waals surface area contributed by atoms with E-state index in [9.17, 15) is 22.4 Å². The highest BCUT2D eigenvalue weighted by atomic mass is 19.3. The van der Waals surface area contributed by atoms with Gasteiger partial charge in [0.2, 0.25) is 0 Å². The largest absolute Gasteiger partial charge is 0.508 e. The molecule has 0 fully saturated rings. The van der Waals surface area contributed by atoms with E-state index < -0.39 is 31.2 Å². The van der Waals surface area contributed by atoms with Gasteiger partial charge in [-0.1, -0.05) is 6.92 Å². The fourth-order valence-corrected chi connectivity index (χ4v) is 0.500. The van der Waals surface area contributed by atoms with E-state index in [1.54, 1.807) is 6.92 Å². The molecule has 0 heterocycles.